The van der Waals surface area contributed by atoms with Crippen LogP contribution in [0.1, 0.15) is 20.8 Å². The Balaban J connectivity index is 2.68. The highest BCUT2D eigenvalue weighted by molar-refractivity contribution is 7.80. The van der Waals surface area contributed by atoms with Crippen molar-refractivity contribution >= 4 is 18.3 Å². The average Bonchev–Trinajstić information content (AvgIpc) is 2.31. The van der Waals surface area contributed by atoms with E-state index in [1.54, 1.807) is 0 Å². The summed E-state index contributed by atoms with van der Waals surface area (Å²) in [6, 6.07) is 10.6. The van der Waals surface area contributed by atoms with Gasteiger partial charge in [-0.3, -0.25) is 0 Å². The van der Waals surface area contributed by atoms with E-state index in [0.29, 0.717) is 11.8 Å². The molecule has 0 aliphatic carbocycles. The second kappa shape index (κ2) is 6.85. The molecule has 0 heterocycles. The van der Waals surface area contributed by atoms with Crippen LogP contribution >= 0.6 is 12.6 Å². The lowest BCUT2D eigenvalue weighted by molar-refractivity contribution is 0.425. The molecule has 16 heavy (non-hydrogen) atoms. The fraction of sp³-hybridized carbons (Fsp3) is 0.571. The van der Waals surface area contributed by atoms with Gasteiger partial charge in [0, 0.05) is 18.8 Å². The molecule has 1 nitrogen and oxygen atoms in total. The average molecular weight is 237 g/mol. The lowest BCUT2D eigenvalue weighted by atomic mass is 9.97. The minimum absolute atomic E-state index is 0.656. The molecular formula is C14H23NS. The summed E-state index contributed by atoms with van der Waals surface area (Å²) in [5, 5.41) is 0. The van der Waals surface area contributed by atoms with Crippen LogP contribution in [0.25, 0.3) is 0 Å². The van der Waals surface area contributed by atoms with Crippen molar-refractivity contribution in [1.29, 1.82) is 0 Å². The van der Waals surface area contributed by atoms with Crippen molar-refractivity contribution in [2.75, 3.05) is 23.7 Å². The van der Waals surface area contributed by atoms with Gasteiger partial charge in [-0.05, 0) is 36.6 Å². The summed E-state index contributed by atoms with van der Waals surface area (Å²) in [4.78, 5) is 2.43. The van der Waals surface area contributed by atoms with Crippen LogP contribution < -0.4 is 4.90 Å². The number of benzene rings is 1. The third-order valence-electron chi connectivity index (χ3n) is 3.14. The SMILES string of the molecule is CCN(CC(CS)C(C)C)c1ccccc1. The first-order valence-corrected chi connectivity index (χ1v) is 6.73. The van der Waals surface area contributed by atoms with Gasteiger partial charge >= 0.3 is 0 Å². The summed E-state index contributed by atoms with van der Waals surface area (Å²) in [5.41, 5.74) is 1.32. The quantitative estimate of drug-likeness (QED) is 0.738. The maximum Gasteiger partial charge on any atom is 0.0366 e. The van der Waals surface area contributed by atoms with Crippen LogP contribution in [0.3, 0.4) is 0 Å². The molecule has 0 saturated carbocycles. The van der Waals surface area contributed by atoms with E-state index >= 15 is 0 Å². The Kier molecular flexibility index (Phi) is 5.75. The first kappa shape index (κ1) is 13.4. The molecule has 0 spiro atoms. The molecule has 2 heteroatoms. The highest BCUT2D eigenvalue weighted by Gasteiger charge is 2.15. The maximum absolute atomic E-state index is 4.45. The summed E-state index contributed by atoms with van der Waals surface area (Å²) in [7, 11) is 0. The van der Waals surface area contributed by atoms with Gasteiger partial charge in [-0.2, -0.15) is 12.6 Å². The fourth-order valence-corrected chi connectivity index (χ4v) is 2.36. The number of anilines is 1. The summed E-state index contributed by atoms with van der Waals surface area (Å²) in [6.45, 7) is 8.92. The molecule has 1 atom stereocenters. The van der Waals surface area contributed by atoms with Crippen molar-refractivity contribution in [2.45, 2.75) is 20.8 Å². The molecule has 0 N–H and O–H groups in total. The minimum atomic E-state index is 0.656. The van der Waals surface area contributed by atoms with Gasteiger partial charge in [0.25, 0.3) is 0 Å². The van der Waals surface area contributed by atoms with Crippen molar-refractivity contribution < 1.29 is 0 Å². The van der Waals surface area contributed by atoms with E-state index in [1.807, 2.05) is 0 Å². The molecule has 0 radical (unpaired) electrons. The van der Waals surface area contributed by atoms with Gasteiger partial charge in [-0.15, -0.1) is 0 Å². The molecule has 1 unspecified atom stereocenters. The smallest absolute Gasteiger partial charge is 0.0366 e. The predicted octanol–water partition coefficient (Wildman–Crippen LogP) is 3.71. The van der Waals surface area contributed by atoms with E-state index in [9.17, 15) is 0 Å². The van der Waals surface area contributed by atoms with E-state index in [-0.39, 0.29) is 0 Å². The molecule has 90 valence electrons. The zero-order valence-electron chi connectivity index (χ0n) is 10.6. The molecule has 1 aromatic rings. The van der Waals surface area contributed by atoms with Gasteiger partial charge in [0.15, 0.2) is 0 Å². The van der Waals surface area contributed by atoms with Crippen molar-refractivity contribution in [3.8, 4) is 0 Å². The van der Waals surface area contributed by atoms with Crippen LogP contribution in [0.4, 0.5) is 5.69 Å². The third-order valence-corrected chi connectivity index (χ3v) is 3.60. The van der Waals surface area contributed by atoms with Crippen LogP contribution in [0.15, 0.2) is 30.3 Å². The third kappa shape index (κ3) is 3.75. The lowest BCUT2D eigenvalue weighted by Crippen LogP contribution is -2.32. The summed E-state index contributed by atoms with van der Waals surface area (Å²) >= 11 is 4.45. The van der Waals surface area contributed by atoms with E-state index in [4.69, 9.17) is 0 Å². The predicted molar refractivity (Wildman–Crippen MR) is 76.5 cm³/mol. The number of hydrogen-bond acceptors (Lipinski definition) is 2. The highest BCUT2D eigenvalue weighted by Crippen LogP contribution is 2.19. The highest BCUT2D eigenvalue weighted by atomic mass is 32.1. The number of para-hydroxylation sites is 1. The molecule has 0 fully saturated rings. The lowest BCUT2D eigenvalue weighted by Gasteiger charge is -2.29. The van der Waals surface area contributed by atoms with Gasteiger partial charge < -0.3 is 4.90 Å². The first-order valence-electron chi connectivity index (χ1n) is 6.09. The Bertz CT molecular complexity index is 284. The second-order valence-electron chi connectivity index (χ2n) is 4.56. The van der Waals surface area contributed by atoms with Gasteiger partial charge in [-0.1, -0.05) is 32.0 Å². The van der Waals surface area contributed by atoms with Gasteiger partial charge in [0.05, 0.1) is 0 Å². The minimum Gasteiger partial charge on any atom is -0.371 e. The van der Waals surface area contributed by atoms with Gasteiger partial charge in [0.1, 0.15) is 0 Å². The van der Waals surface area contributed by atoms with Crippen LogP contribution in [0.5, 0.6) is 0 Å². The van der Waals surface area contributed by atoms with Crippen molar-refractivity contribution in [1.82, 2.24) is 0 Å². The normalized spacial score (nSPS) is 12.8. The maximum atomic E-state index is 4.45. The van der Waals surface area contributed by atoms with Crippen molar-refractivity contribution in [3.63, 3.8) is 0 Å². The van der Waals surface area contributed by atoms with Crippen molar-refractivity contribution in [3.05, 3.63) is 30.3 Å². The van der Waals surface area contributed by atoms with E-state index < -0.39 is 0 Å². The van der Waals surface area contributed by atoms with Crippen LogP contribution in [0.2, 0.25) is 0 Å². The number of rotatable bonds is 6. The molecule has 0 amide bonds. The van der Waals surface area contributed by atoms with Crippen LogP contribution in [0, 0.1) is 11.8 Å². The number of thiol groups is 1. The van der Waals surface area contributed by atoms with Gasteiger partial charge in [-0.25, -0.2) is 0 Å². The zero-order chi connectivity index (χ0) is 12.0. The summed E-state index contributed by atoms with van der Waals surface area (Å²) in [6.07, 6.45) is 0. The summed E-state index contributed by atoms with van der Waals surface area (Å²) in [5.74, 6) is 2.31. The van der Waals surface area contributed by atoms with Crippen LogP contribution in [-0.2, 0) is 0 Å². The largest absolute Gasteiger partial charge is 0.371 e. The molecular weight excluding hydrogens is 214 g/mol. The second-order valence-corrected chi connectivity index (χ2v) is 4.93. The molecule has 0 bridgehead atoms. The molecule has 1 rings (SSSR count). The molecule has 0 aliphatic heterocycles. The fourth-order valence-electron chi connectivity index (χ4n) is 1.82. The molecule has 0 aromatic heterocycles. The Morgan fingerprint density at radius 2 is 1.81 bits per heavy atom. The molecule has 0 aliphatic rings. The Morgan fingerprint density at radius 1 is 1.19 bits per heavy atom. The number of nitrogens with zero attached hydrogens (tertiary/aromatic N) is 1. The van der Waals surface area contributed by atoms with Gasteiger partial charge in [0.2, 0.25) is 0 Å². The summed E-state index contributed by atoms with van der Waals surface area (Å²) < 4.78 is 0. The number of hydrogen-bond donors (Lipinski definition) is 1. The molecule has 0 saturated heterocycles. The van der Waals surface area contributed by atoms with E-state index in [0.717, 1.165) is 18.8 Å². The molecule has 1 aromatic carbocycles. The Morgan fingerprint density at radius 3 is 2.25 bits per heavy atom. The van der Waals surface area contributed by atoms with Crippen LogP contribution in [-0.4, -0.2) is 18.8 Å². The Hall–Kier alpha value is -0.630. The zero-order valence-corrected chi connectivity index (χ0v) is 11.5. The first-order chi connectivity index (χ1) is 7.69. The van der Waals surface area contributed by atoms with Crippen molar-refractivity contribution in [2.24, 2.45) is 11.8 Å². The Labute approximate surface area is 105 Å². The topological polar surface area (TPSA) is 3.24 Å². The monoisotopic (exact) mass is 237 g/mol. The van der Waals surface area contributed by atoms with E-state index in [2.05, 4.69) is 68.6 Å². The standard InChI is InChI=1S/C14H23NS/c1-4-15(10-13(11-16)12(2)3)14-8-6-5-7-9-14/h5-9,12-13,16H,4,10-11H2,1-3H3. The van der Waals surface area contributed by atoms with E-state index in [1.165, 1.54) is 5.69 Å².